The molecule has 0 atom stereocenters. The number of nitrogens with one attached hydrogen (secondary N) is 2. The average molecular weight is 314 g/mol. The molecule has 120 valence electrons. The second-order valence-electron chi connectivity index (χ2n) is 5.77. The van der Waals surface area contributed by atoms with Gasteiger partial charge in [-0.15, -0.1) is 0 Å². The van der Waals surface area contributed by atoms with Crippen LogP contribution in [0.2, 0.25) is 0 Å². The van der Waals surface area contributed by atoms with E-state index in [0.29, 0.717) is 23.0 Å². The Morgan fingerprint density at radius 3 is 2.57 bits per heavy atom. The number of hydrogen-bond donors (Lipinski definition) is 2. The van der Waals surface area contributed by atoms with Gasteiger partial charge in [-0.1, -0.05) is 12.8 Å². The zero-order chi connectivity index (χ0) is 16.2. The fraction of sp³-hybridized carbons (Fsp3) is 0.353. The smallest absolute Gasteiger partial charge is 0.270 e. The molecule has 1 fully saturated rings. The van der Waals surface area contributed by atoms with E-state index in [1.165, 1.54) is 12.1 Å². The second kappa shape index (κ2) is 6.73. The van der Waals surface area contributed by atoms with Gasteiger partial charge in [-0.25, -0.2) is 14.4 Å². The third kappa shape index (κ3) is 4.03. The Bertz CT molecular complexity index is 696. The highest BCUT2D eigenvalue weighted by atomic mass is 19.1. The van der Waals surface area contributed by atoms with E-state index in [2.05, 4.69) is 20.6 Å². The molecule has 6 heteroatoms. The summed E-state index contributed by atoms with van der Waals surface area (Å²) in [5.74, 6) is 0.546. The lowest BCUT2D eigenvalue weighted by molar-refractivity contribution is 0.0932. The molecule has 1 amide bonds. The number of anilines is 2. The summed E-state index contributed by atoms with van der Waals surface area (Å²) < 4.78 is 12.9. The SMILES string of the molecule is Cc1nc(Nc2ccc(F)cc2)cc(C(=O)NC2CCCC2)n1. The molecule has 0 aliphatic heterocycles. The first-order valence-corrected chi connectivity index (χ1v) is 7.79. The number of aryl methyl sites for hydroxylation is 1. The molecule has 0 unspecified atom stereocenters. The monoisotopic (exact) mass is 314 g/mol. The van der Waals surface area contributed by atoms with Crippen LogP contribution >= 0.6 is 0 Å². The van der Waals surface area contributed by atoms with Gasteiger partial charge < -0.3 is 10.6 Å². The van der Waals surface area contributed by atoms with E-state index in [1.54, 1.807) is 25.1 Å². The van der Waals surface area contributed by atoms with Gasteiger partial charge in [-0.2, -0.15) is 0 Å². The number of carbonyl (C=O) groups is 1. The van der Waals surface area contributed by atoms with E-state index < -0.39 is 0 Å². The van der Waals surface area contributed by atoms with Crippen molar-refractivity contribution < 1.29 is 9.18 Å². The number of carbonyl (C=O) groups excluding carboxylic acids is 1. The first-order chi connectivity index (χ1) is 11.1. The number of aromatic nitrogens is 2. The molecule has 0 bridgehead atoms. The van der Waals surface area contributed by atoms with Crippen LogP contribution in [-0.2, 0) is 0 Å². The Kier molecular flexibility index (Phi) is 4.50. The maximum absolute atomic E-state index is 12.9. The summed E-state index contributed by atoms with van der Waals surface area (Å²) in [6.45, 7) is 1.74. The molecule has 2 aromatic rings. The van der Waals surface area contributed by atoms with Crippen LogP contribution < -0.4 is 10.6 Å². The van der Waals surface area contributed by atoms with E-state index in [1.807, 2.05) is 0 Å². The van der Waals surface area contributed by atoms with E-state index in [4.69, 9.17) is 0 Å². The lowest BCUT2D eigenvalue weighted by Gasteiger charge is -2.13. The highest BCUT2D eigenvalue weighted by Crippen LogP contribution is 2.19. The van der Waals surface area contributed by atoms with Crippen LogP contribution in [0, 0.1) is 12.7 Å². The Morgan fingerprint density at radius 2 is 1.87 bits per heavy atom. The summed E-state index contributed by atoms with van der Waals surface area (Å²) in [7, 11) is 0. The van der Waals surface area contributed by atoms with Crippen molar-refractivity contribution in [3.05, 3.63) is 47.7 Å². The average Bonchev–Trinajstić information content (AvgIpc) is 3.02. The molecular formula is C17H19FN4O. The van der Waals surface area contributed by atoms with Crippen molar-refractivity contribution in [2.24, 2.45) is 0 Å². The molecule has 1 saturated carbocycles. The molecule has 1 aromatic heterocycles. The van der Waals surface area contributed by atoms with Crippen LogP contribution in [0.5, 0.6) is 0 Å². The van der Waals surface area contributed by atoms with Crippen molar-refractivity contribution in [2.45, 2.75) is 38.6 Å². The van der Waals surface area contributed by atoms with E-state index >= 15 is 0 Å². The van der Waals surface area contributed by atoms with Gasteiger partial charge in [0.1, 0.15) is 23.2 Å². The predicted octanol–water partition coefficient (Wildman–Crippen LogP) is 3.34. The minimum atomic E-state index is -0.300. The lowest BCUT2D eigenvalue weighted by atomic mass is 10.2. The highest BCUT2D eigenvalue weighted by molar-refractivity contribution is 5.93. The molecule has 5 nitrogen and oxygen atoms in total. The third-order valence-electron chi connectivity index (χ3n) is 3.88. The molecule has 1 aliphatic carbocycles. The Labute approximate surface area is 134 Å². The molecule has 0 saturated heterocycles. The molecule has 3 rings (SSSR count). The largest absolute Gasteiger partial charge is 0.348 e. The molecule has 2 N–H and O–H groups in total. The van der Waals surface area contributed by atoms with Crippen molar-refractivity contribution >= 4 is 17.4 Å². The van der Waals surface area contributed by atoms with Crippen molar-refractivity contribution in [1.82, 2.24) is 15.3 Å². The van der Waals surface area contributed by atoms with Gasteiger partial charge in [-0.3, -0.25) is 4.79 Å². The van der Waals surface area contributed by atoms with E-state index in [-0.39, 0.29) is 17.8 Å². The van der Waals surface area contributed by atoms with E-state index in [9.17, 15) is 9.18 Å². The number of benzene rings is 1. The fourth-order valence-electron chi connectivity index (χ4n) is 2.76. The van der Waals surface area contributed by atoms with Gasteiger partial charge in [0, 0.05) is 17.8 Å². The van der Waals surface area contributed by atoms with Crippen molar-refractivity contribution in [1.29, 1.82) is 0 Å². The standard InChI is InChI=1S/C17H19FN4O/c1-11-19-15(17(23)22-13-4-2-3-5-13)10-16(20-11)21-14-8-6-12(18)7-9-14/h6-10,13H,2-5H2,1H3,(H,22,23)(H,19,20,21). The fourth-order valence-corrected chi connectivity index (χ4v) is 2.76. The minimum absolute atomic E-state index is 0.176. The Hall–Kier alpha value is -2.50. The summed E-state index contributed by atoms with van der Waals surface area (Å²) in [4.78, 5) is 20.8. The molecule has 0 spiro atoms. The van der Waals surface area contributed by atoms with Crippen LogP contribution in [0.25, 0.3) is 0 Å². The molecule has 1 heterocycles. The summed E-state index contributed by atoms with van der Waals surface area (Å²) in [5, 5.41) is 6.08. The molecule has 23 heavy (non-hydrogen) atoms. The van der Waals surface area contributed by atoms with Crippen LogP contribution in [-0.4, -0.2) is 21.9 Å². The maximum Gasteiger partial charge on any atom is 0.270 e. The molecular weight excluding hydrogens is 295 g/mol. The van der Waals surface area contributed by atoms with Gasteiger partial charge >= 0.3 is 0 Å². The molecule has 1 aromatic carbocycles. The minimum Gasteiger partial charge on any atom is -0.348 e. The summed E-state index contributed by atoms with van der Waals surface area (Å²) in [5.41, 5.74) is 1.04. The van der Waals surface area contributed by atoms with Crippen LogP contribution in [0.3, 0.4) is 0 Å². The zero-order valence-corrected chi connectivity index (χ0v) is 13.0. The topological polar surface area (TPSA) is 66.9 Å². The highest BCUT2D eigenvalue weighted by Gasteiger charge is 2.19. The molecule has 0 radical (unpaired) electrons. The molecule has 1 aliphatic rings. The van der Waals surface area contributed by atoms with Crippen LogP contribution in [0.15, 0.2) is 30.3 Å². The quantitative estimate of drug-likeness (QED) is 0.908. The number of nitrogens with zero attached hydrogens (tertiary/aromatic N) is 2. The first kappa shape index (κ1) is 15.4. The predicted molar refractivity (Wildman–Crippen MR) is 86.2 cm³/mol. The Balaban J connectivity index is 1.75. The van der Waals surface area contributed by atoms with Gasteiger partial charge in [0.2, 0.25) is 0 Å². The first-order valence-electron chi connectivity index (χ1n) is 7.79. The number of rotatable bonds is 4. The number of hydrogen-bond acceptors (Lipinski definition) is 4. The lowest BCUT2D eigenvalue weighted by Crippen LogP contribution is -2.33. The van der Waals surface area contributed by atoms with Crippen LogP contribution in [0.4, 0.5) is 15.9 Å². The van der Waals surface area contributed by atoms with Crippen molar-refractivity contribution in [3.8, 4) is 0 Å². The van der Waals surface area contributed by atoms with Crippen LogP contribution in [0.1, 0.15) is 42.0 Å². The van der Waals surface area contributed by atoms with Gasteiger partial charge in [0.05, 0.1) is 0 Å². The Morgan fingerprint density at radius 1 is 1.17 bits per heavy atom. The van der Waals surface area contributed by atoms with Gasteiger partial charge in [0.15, 0.2) is 0 Å². The second-order valence-corrected chi connectivity index (χ2v) is 5.77. The summed E-state index contributed by atoms with van der Waals surface area (Å²) >= 11 is 0. The number of halogens is 1. The van der Waals surface area contributed by atoms with Gasteiger partial charge in [0.25, 0.3) is 5.91 Å². The van der Waals surface area contributed by atoms with Gasteiger partial charge in [-0.05, 0) is 44.0 Å². The summed E-state index contributed by atoms with van der Waals surface area (Å²) in [6, 6.07) is 7.82. The normalized spacial score (nSPS) is 14.7. The maximum atomic E-state index is 12.9. The third-order valence-corrected chi connectivity index (χ3v) is 3.88. The zero-order valence-electron chi connectivity index (χ0n) is 13.0. The number of amides is 1. The summed E-state index contributed by atoms with van der Waals surface area (Å²) in [6.07, 6.45) is 4.36. The van der Waals surface area contributed by atoms with E-state index in [0.717, 1.165) is 25.7 Å². The van der Waals surface area contributed by atoms with Crippen molar-refractivity contribution in [2.75, 3.05) is 5.32 Å². The van der Waals surface area contributed by atoms with Crippen molar-refractivity contribution in [3.63, 3.8) is 0 Å².